The molecule has 3 unspecified atom stereocenters. The zero-order valence-electron chi connectivity index (χ0n) is 26.6. The van der Waals surface area contributed by atoms with Crippen LogP contribution in [0.1, 0.15) is 102 Å². The molecular formula is C34H51N3O4. The van der Waals surface area contributed by atoms with Gasteiger partial charge in [-0.3, -0.25) is 9.59 Å². The van der Waals surface area contributed by atoms with E-state index in [1.54, 1.807) is 25.7 Å². The third-order valence-electron chi connectivity index (χ3n) is 7.50. The second-order valence-electron chi connectivity index (χ2n) is 12.2. The van der Waals surface area contributed by atoms with Crippen molar-refractivity contribution in [1.29, 1.82) is 0 Å². The minimum atomic E-state index is -0.880. The van der Waals surface area contributed by atoms with Gasteiger partial charge in [0.1, 0.15) is 17.7 Å². The van der Waals surface area contributed by atoms with Crippen molar-refractivity contribution in [3.8, 4) is 0 Å². The van der Waals surface area contributed by atoms with E-state index in [4.69, 9.17) is 4.74 Å². The summed E-state index contributed by atoms with van der Waals surface area (Å²) >= 11 is 0. The number of carbonyl (C=O) groups excluding carboxylic acids is 3. The van der Waals surface area contributed by atoms with Crippen molar-refractivity contribution in [3.63, 3.8) is 0 Å². The van der Waals surface area contributed by atoms with E-state index in [-0.39, 0.29) is 17.7 Å². The first-order chi connectivity index (χ1) is 19.3. The van der Waals surface area contributed by atoms with Gasteiger partial charge in [-0.05, 0) is 82.2 Å². The number of para-hydroxylation sites is 1. The van der Waals surface area contributed by atoms with Gasteiger partial charge in [-0.25, -0.2) is 4.79 Å². The van der Waals surface area contributed by atoms with Gasteiger partial charge in [-0.2, -0.15) is 0 Å². The molecule has 0 aliphatic rings. The molecule has 0 spiro atoms. The van der Waals surface area contributed by atoms with Gasteiger partial charge < -0.3 is 20.3 Å². The summed E-state index contributed by atoms with van der Waals surface area (Å²) in [5.41, 5.74) is 3.82. The number of carbonyl (C=O) groups is 3. The third-order valence-corrected chi connectivity index (χ3v) is 7.50. The maximum absolute atomic E-state index is 14.5. The summed E-state index contributed by atoms with van der Waals surface area (Å²) in [6, 6.07) is 11.8. The van der Waals surface area contributed by atoms with Crippen LogP contribution in [-0.2, 0) is 14.3 Å². The van der Waals surface area contributed by atoms with Gasteiger partial charge in [0.15, 0.2) is 0 Å². The Labute approximate surface area is 247 Å². The number of benzene rings is 2. The Kier molecular flexibility index (Phi) is 12.9. The number of alkyl carbamates (subject to hydrolysis) is 1. The maximum atomic E-state index is 14.5. The molecule has 2 aromatic rings. The minimum Gasteiger partial charge on any atom is -0.444 e. The van der Waals surface area contributed by atoms with E-state index in [0.29, 0.717) is 18.7 Å². The van der Waals surface area contributed by atoms with Crippen molar-refractivity contribution in [1.82, 2.24) is 10.2 Å². The molecule has 2 rings (SSSR count). The van der Waals surface area contributed by atoms with Crippen LogP contribution in [0.3, 0.4) is 0 Å². The lowest BCUT2D eigenvalue weighted by molar-refractivity contribution is -0.142. The van der Waals surface area contributed by atoms with Gasteiger partial charge in [0.05, 0.1) is 0 Å². The van der Waals surface area contributed by atoms with E-state index in [0.717, 1.165) is 47.9 Å². The van der Waals surface area contributed by atoms with Crippen LogP contribution in [0.5, 0.6) is 0 Å². The monoisotopic (exact) mass is 565 g/mol. The normalized spacial score (nSPS) is 13.6. The summed E-state index contributed by atoms with van der Waals surface area (Å²) < 4.78 is 5.52. The lowest BCUT2D eigenvalue weighted by atomic mass is 9.94. The molecule has 0 radical (unpaired) electrons. The lowest BCUT2D eigenvalue weighted by Gasteiger charge is -2.36. The molecule has 3 amide bonds. The predicted molar refractivity (Wildman–Crippen MR) is 167 cm³/mol. The first-order valence-electron chi connectivity index (χ1n) is 15.0. The number of rotatable bonds is 13. The number of ether oxygens (including phenoxy) is 1. The van der Waals surface area contributed by atoms with Gasteiger partial charge in [0.25, 0.3) is 5.91 Å². The van der Waals surface area contributed by atoms with Gasteiger partial charge in [-0.15, -0.1) is 0 Å². The molecule has 7 nitrogen and oxygen atoms in total. The average molecular weight is 566 g/mol. The standard InChI is InChI=1S/C34H51N3O4/c1-10-12-13-16-21-37(32(39)29(23(3)11-2)36-33(40)41-34(7,8)9)30(27-20-19-24(4)26(6)22-27)31(38)35-28-18-15-14-17-25(28)5/h14-15,17-20,22-23,29-30H,10-13,16,21H2,1-9H3,(H,35,38)(H,36,40). The molecule has 0 saturated carbocycles. The van der Waals surface area contributed by atoms with Crippen LogP contribution in [0.4, 0.5) is 10.5 Å². The number of nitrogens with zero attached hydrogens (tertiary/aromatic N) is 1. The van der Waals surface area contributed by atoms with Crippen molar-refractivity contribution in [3.05, 3.63) is 64.7 Å². The van der Waals surface area contributed by atoms with E-state index in [1.807, 2.05) is 77.1 Å². The highest BCUT2D eigenvalue weighted by Gasteiger charge is 2.38. The van der Waals surface area contributed by atoms with Crippen molar-refractivity contribution >= 4 is 23.6 Å². The molecule has 0 fully saturated rings. The van der Waals surface area contributed by atoms with Gasteiger partial charge in [-0.1, -0.05) is 82.9 Å². The summed E-state index contributed by atoms with van der Waals surface area (Å²) in [5.74, 6) is -0.746. The Hall–Kier alpha value is -3.35. The second kappa shape index (κ2) is 15.6. The fourth-order valence-corrected chi connectivity index (χ4v) is 4.69. The topological polar surface area (TPSA) is 87.7 Å². The fourth-order valence-electron chi connectivity index (χ4n) is 4.69. The zero-order valence-corrected chi connectivity index (χ0v) is 26.6. The van der Waals surface area contributed by atoms with Crippen LogP contribution in [0.2, 0.25) is 0 Å². The van der Waals surface area contributed by atoms with Crippen LogP contribution < -0.4 is 10.6 Å². The molecule has 0 heterocycles. The number of unbranched alkanes of at least 4 members (excludes halogenated alkanes) is 3. The summed E-state index contributed by atoms with van der Waals surface area (Å²) in [6.07, 6.45) is 3.80. The molecule has 226 valence electrons. The van der Waals surface area contributed by atoms with Gasteiger partial charge in [0, 0.05) is 12.2 Å². The van der Waals surface area contributed by atoms with Crippen molar-refractivity contribution in [2.24, 2.45) is 5.92 Å². The largest absolute Gasteiger partial charge is 0.444 e. The Morgan fingerprint density at radius 1 is 0.902 bits per heavy atom. The lowest BCUT2D eigenvalue weighted by Crippen LogP contribution is -2.55. The molecule has 3 atom stereocenters. The molecule has 7 heteroatoms. The van der Waals surface area contributed by atoms with E-state index in [2.05, 4.69) is 17.6 Å². The first-order valence-corrected chi connectivity index (χ1v) is 15.0. The molecule has 2 N–H and O–H groups in total. The van der Waals surface area contributed by atoms with E-state index in [9.17, 15) is 14.4 Å². The SMILES string of the molecule is CCCCCCN(C(=O)C(NC(=O)OC(C)(C)C)C(C)CC)C(C(=O)Nc1ccccc1C)c1ccc(C)c(C)c1. The number of hydrogen-bond donors (Lipinski definition) is 2. The quantitative estimate of drug-likeness (QED) is 0.244. The molecule has 0 aliphatic heterocycles. The van der Waals surface area contributed by atoms with Crippen molar-refractivity contribution < 1.29 is 19.1 Å². The fraction of sp³-hybridized carbons (Fsp3) is 0.559. The first kappa shape index (κ1) is 33.9. The third kappa shape index (κ3) is 10.2. The summed E-state index contributed by atoms with van der Waals surface area (Å²) in [7, 11) is 0. The molecule has 0 aromatic heterocycles. The zero-order chi connectivity index (χ0) is 30.7. The van der Waals surface area contributed by atoms with Crippen LogP contribution in [0.25, 0.3) is 0 Å². The van der Waals surface area contributed by atoms with Crippen molar-refractivity contribution in [2.75, 3.05) is 11.9 Å². The highest BCUT2D eigenvalue weighted by atomic mass is 16.6. The Morgan fingerprint density at radius 3 is 2.17 bits per heavy atom. The van der Waals surface area contributed by atoms with Gasteiger partial charge in [0.2, 0.25) is 5.91 Å². The highest BCUT2D eigenvalue weighted by molar-refractivity contribution is 5.99. The summed E-state index contributed by atoms with van der Waals surface area (Å²) in [4.78, 5) is 43.2. The number of nitrogens with one attached hydrogen (secondary N) is 2. The van der Waals surface area contributed by atoms with Crippen LogP contribution in [0, 0.1) is 26.7 Å². The van der Waals surface area contributed by atoms with Gasteiger partial charge >= 0.3 is 6.09 Å². The highest BCUT2D eigenvalue weighted by Crippen LogP contribution is 2.29. The van der Waals surface area contributed by atoms with E-state index in [1.165, 1.54) is 0 Å². The predicted octanol–water partition coefficient (Wildman–Crippen LogP) is 7.64. The molecule has 41 heavy (non-hydrogen) atoms. The number of hydrogen-bond acceptors (Lipinski definition) is 4. The Balaban J connectivity index is 2.60. The second-order valence-corrected chi connectivity index (χ2v) is 12.2. The maximum Gasteiger partial charge on any atom is 0.408 e. The van der Waals surface area contributed by atoms with Crippen molar-refractivity contribution in [2.45, 2.75) is 112 Å². The summed E-state index contributed by atoms with van der Waals surface area (Å²) in [6.45, 7) is 17.8. The average Bonchev–Trinajstić information content (AvgIpc) is 2.90. The Bertz CT molecular complexity index is 1170. The molecule has 0 aliphatic carbocycles. The van der Waals surface area contributed by atoms with E-state index < -0.39 is 23.8 Å². The summed E-state index contributed by atoms with van der Waals surface area (Å²) in [5, 5.41) is 5.94. The molecule has 2 aromatic carbocycles. The minimum absolute atomic E-state index is 0.173. The van der Waals surface area contributed by atoms with Crippen LogP contribution >= 0.6 is 0 Å². The van der Waals surface area contributed by atoms with Crippen LogP contribution in [0.15, 0.2) is 42.5 Å². The number of anilines is 1. The number of amides is 3. The number of aryl methyl sites for hydroxylation is 3. The Morgan fingerprint density at radius 2 is 1.59 bits per heavy atom. The van der Waals surface area contributed by atoms with E-state index >= 15 is 0 Å². The van der Waals surface area contributed by atoms with Crippen LogP contribution in [-0.4, -0.2) is 41.0 Å². The molecule has 0 bridgehead atoms. The molecule has 0 saturated heterocycles. The smallest absolute Gasteiger partial charge is 0.408 e. The molecular weight excluding hydrogens is 514 g/mol.